The predicted molar refractivity (Wildman–Crippen MR) is 135 cm³/mol. The fourth-order valence-corrected chi connectivity index (χ4v) is 4.04. The number of carbonyl (C=O) groups excluding carboxylic acids is 2. The van der Waals surface area contributed by atoms with E-state index in [2.05, 4.69) is 27.4 Å². The summed E-state index contributed by atoms with van der Waals surface area (Å²) in [6.07, 6.45) is 1.66. The summed E-state index contributed by atoms with van der Waals surface area (Å²) >= 11 is 7.17. The van der Waals surface area contributed by atoms with Gasteiger partial charge in [-0.1, -0.05) is 47.1 Å². The Hall–Kier alpha value is -3.70. The molecule has 182 valence electrons. The number of hydrogen-bond donors (Lipinski definition) is 2. The summed E-state index contributed by atoms with van der Waals surface area (Å²) in [7, 11) is 0. The first kappa shape index (κ1) is 25.9. The van der Waals surface area contributed by atoms with Gasteiger partial charge >= 0.3 is 0 Å². The Morgan fingerprint density at radius 3 is 2.63 bits per heavy atom. The second-order valence-corrected chi connectivity index (χ2v) is 8.91. The van der Waals surface area contributed by atoms with Crippen LogP contribution in [0.3, 0.4) is 0 Å². The number of rotatable bonds is 10. The second kappa shape index (κ2) is 11.6. The largest absolute Gasteiger partial charge is 0.342 e. The van der Waals surface area contributed by atoms with Crippen LogP contribution in [-0.4, -0.2) is 37.3 Å². The maximum absolute atomic E-state index is 12.6. The van der Waals surface area contributed by atoms with Crippen molar-refractivity contribution < 1.29 is 14.5 Å². The summed E-state index contributed by atoms with van der Waals surface area (Å²) in [5, 5.41) is 25.5. The molecule has 1 heterocycles. The molecule has 2 N–H and O–H groups in total. The van der Waals surface area contributed by atoms with Crippen molar-refractivity contribution in [2.45, 2.75) is 31.6 Å². The summed E-state index contributed by atoms with van der Waals surface area (Å²) in [6, 6.07) is 10.6. The Labute approximate surface area is 210 Å². The van der Waals surface area contributed by atoms with Crippen LogP contribution in [-0.2, 0) is 11.3 Å². The molecule has 0 unspecified atom stereocenters. The van der Waals surface area contributed by atoms with E-state index in [0.717, 1.165) is 17.3 Å². The van der Waals surface area contributed by atoms with Crippen LogP contribution >= 0.6 is 23.4 Å². The number of benzene rings is 2. The van der Waals surface area contributed by atoms with E-state index in [-0.39, 0.29) is 28.1 Å². The SMILES string of the molecule is C=CCn1c(SCC(=O)Nc2cc([N+](=O)[O-])ccc2Cl)nnc1[C@@H](C)NC(=O)c1ccc(C)cc1. The molecule has 2 aromatic carbocycles. The first-order valence-electron chi connectivity index (χ1n) is 10.5. The highest BCUT2D eigenvalue weighted by molar-refractivity contribution is 7.99. The molecule has 1 aromatic heterocycles. The third-order valence-electron chi connectivity index (χ3n) is 4.87. The number of aromatic nitrogens is 3. The normalized spacial score (nSPS) is 11.5. The minimum atomic E-state index is -0.571. The Morgan fingerprint density at radius 2 is 1.97 bits per heavy atom. The summed E-state index contributed by atoms with van der Waals surface area (Å²) in [4.78, 5) is 35.5. The minimum absolute atomic E-state index is 0.0433. The van der Waals surface area contributed by atoms with Gasteiger partial charge in [0.05, 0.1) is 27.4 Å². The second-order valence-electron chi connectivity index (χ2n) is 7.56. The zero-order chi connectivity index (χ0) is 25.5. The number of allylic oxidation sites excluding steroid dienone is 1. The number of non-ortho nitro benzene ring substituents is 1. The lowest BCUT2D eigenvalue weighted by atomic mass is 10.1. The van der Waals surface area contributed by atoms with Crippen LogP contribution in [0.1, 0.15) is 34.7 Å². The number of halogens is 1. The highest BCUT2D eigenvalue weighted by Crippen LogP contribution is 2.27. The van der Waals surface area contributed by atoms with Crippen LogP contribution in [0.25, 0.3) is 0 Å². The van der Waals surface area contributed by atoms with E-state index < -0.39 is 16.9 Å². The zero-order valence-electron chi connectivity index (χ0n) is 19.0. The van der Waals surface area contributed by atoms with Crippen molar-refractivity contribution >= 4 is 46.6 Å². The molecule has 0 saturated heterocycles. The molecule has 35 heavy (non-hydrogen) atoms. The molecule has 0 fully saturated rings. The first-order chi connectivity index (χ1) is 16.7. The molecule has 1 atom stereocenters. The van der Waals surface area contributed by atoms with Crippen LogP contribution < -0.4 is 10.6 Å². The van der Waals surface area contributed by atoms with Crippen LogP contribution in [0.5, 0.6) is 0 Å². The van der Waals surface area contributed by atoms with E-state index in [0.29, 0.717) is 23.1 Å². The Morgan fingerprint density at radius 1 is 1.26 bits per heavy atom. The molecular weight excluding hydrogens is 492 g/mol. The lowest BCUT2D eigenvalue weighted by Gasteiger charge is -2.15. The molecule has 2 amide bonds. The van der Waals surface area contributed by atoms with Gasteiger partial charge in [-0.15, -0.1) is 16.8 Å². The number of aryl methyl sites for hydroxylation is 1. The van der Waals surface area contributed by atoms with Crippen molar-refractivity contribution in [3.05, 3.63) is 87.2 Å². The van der Waals surface area contributed by atoms with Gasteiger partial charge in [-0.05, 0) is 32.0 Å². The van der Waals surface area contributed by atoms with Crippen LogP contribution in [0.2, 0.25) is 5.02 Å². The Balaban J connectivity index is 1.68. The topological polar surface area (TPSA) is 132 Å². The van der Waals surface area contributed by atoms with Crippen molar-refractivity contribution in [2.75, 3.05) is 11.1 Å². The number of nitro benzene ring substituents is 1. The van der Waals surface area contributed by atoms with Gasteiger partial charge in [0.2, 0.25) is 5.91 Å². The fourth-order valence-electron chi connectivity index (χ4n) is 3.12. The molecule has 0 radical (unpaired) electrons. The summed E-state index contributed by atoms with van der Waals surface area (Å²) in [6.45, 7) is 7.86. The van der Waals surface area contributed by atoms with Crippen LogP contribution in [0.4, 0.5) is 11.4 Å². The third-order valence-corrected chi connectivity index (χ3v) is 6.17. The number of thioether (sulfide) groups is 1. The molecule has 3 rings (SSSR count). The van der Waals surface area contributed by atoms with Gasteiger partial charge in [0.25, 0.3) is 11.6 Å². The van der Waals surface area contributed by atoms with Gasteiger partial charge in [-0.2, -0.15) is 0 Å². The van der Waals surface area contributed by atoms with E-state index in [4.69, 9.17) is 11.6 Å². The van der Waals surface area contributed by atoms with Crippen molar-refractivity contribution in [2.24, 2.45) is 0 Å². The molecule has 0 saturated carbocycles. The average Bonchev–Trinajstić information content (AvgIpc) is 3.22. The summed E-state index contributed by atoms with van der Waals surface area (Å²) < 4.78 is 1.76. The van der Waals surface area contributed by atoms with Gasteiger partial charge in [-0.3, -0.25) is 19.7 Å². The fraction of sp³-hybridized carbons (Fsp3) is 0.217. The summed E-state index contributed by atoms with van der Waals surface area (Å²) in [5.41, 5.74) is 1.55. The quantitative estimate of drug-likeness (QED) is 0.175. The predicted octanol–water partition coefficient (Wildman–Crippen LogP) is 4.56. The van der Waals surface area contributed by atoms with E-state index >= 15 is 0 Å². The molecule has 12 heteroatoms. The molecule has 0 spiro atoms. The molecule has 0 aliphatic carbocycles. The number of nitrogens with one attached hydrogen (secondary N) is 2. The van der Waals surface area contributed by atoms with Crippen molar-refractivity contribution in [3.63, 3.8) is 0 Å². The number of nitrogens with zero attached hydrogens (tertiary/aromatic N) is 4. The molecule has 0 aliphatic rings. The van der Waals surface area contributed by atoms with Gasteiger partial charge in [-0.25, -0.2) is 0 Å². The smallest absolute Gasteiger partial charge is 0.271 e. The lowest BCUT2D eigenvalue weighted by Crippen LogP contribution is -2.28. The first-order valence-corrected chi connectivity index (χ1v) is 11.8. The van der Waals surface area contributed by atoms with Crippen molar-refractivity contribution in [3.8, 4) is 0 Å². The molecule has 10 nitrogen and oxygen atoms in total. The highest BCUT2D eigenvalue weighted by Gasteiger charge is 2.21. The number of anilines is 1. The maximum atomic E-state index is 12.6. The Bertz CT molecular complexity index is 1260. The molecule has 0 aliphatic heterocycles. The highest BCUT2D eigenvalue weighted by atomic mass is 35.5. The number of carbonyl (C=O) groups is 2. The van der Waals surface area contributed by atoms with Gasteiger partial charge in [0.1, 0.15) is 0 Å². The monoisotopic (exact) mass is 514 g/mol. The van der Waals surface area contributed by atoms with Crippen molar-refractivity contribution in [1.82, 2.24) is 20.1 Å². The van der Waals surface area contributed by atoms with E-state index in [1.165, 1.54) is 18.2 Å². The van der Waals surface area contributed by atoms with Crippen molar-refractivity contribution in [1.29, 1.82) is 0 Å². The van der Waals surface area contributed by atoms with Crippen LogP contribution in [0, 0.1) is 17.0 Å². The maximum Gasteiger partial charge on any atom is 0.271 e. The number of hydrogen-bond acceptors (Lipinski definition) is 7. The zero-order valence-corrected chi connectivity index (χ0v) is 20.6. The van der Waals surface area contributed by atoms with Gasteiger partial charge in [0.15, 0.2) is 11.0 Å². The molecular formula is C23H23ClN6O4S. The van der Waals surface area contributed by atoms with E-state index in [1.54, 1.807) is 29.7 Å². The minimum Gasteiger partial charge on any atom is -0.342 e. The summed E-state index contributed by atoms with van der Waals surface area (Å²) in [5.74, 6) is -0.200. The molecule has 0 bridgehead atoms. The van der Waals surface area contributed by atoms with Crippen LogP contribution in [0.15, 0.2) is 60.3 Å². The Kier molecular flexibility index (Phi) is 8.61. The number of nitro groups is 1. The van der Waals surface area contributed by atoms with Gasteiger partial charge in [0, 0.05) is 24.2 Å². The number of amides is 2. The van der Waals surface area contributed by atoms with E-state index in [9.17, 15) is 19.7 Å². The van der Waals surface area contributed by atoms with E-state index in [1.807, 2.05) is 19.1 Å². The van der Waals surface area contributed by atoms with Gasteiger partial charge < -0.3 is 15.2 Å². The average molecular weight is 515 g/mol. The standard InChI is InChI=1S/C23H23ClN6O4S/c1-4-11-29-21(15(3)25-22(32)16-7-5-14(2)6-8-16)27-28-23(29)35-13-20(31)26-19-12-17(30(33)34)9-10-18(19)24/h4-10,12,15H,1,11,13H2,2-3H3,(H,25,32)(H,26,31)/t15-/m1/s1. The molecule has 3 aromatic rings. The third kappa shape index (κ3) is 6.67. The lowest BCUT2D eigenvalue weighted by molar-refractivity contribution is -0.384.